The number of benzene rings is 1. The molecule has 2 aromatic heterocycles. The molecule has 5 nitrogen and oxygen atoms in total. The molecular weight excluding hydrogens is 419 g/mol. The monoisotopic (exact) mass is 434 g/mol. The van der Waals surface area contributed by atoms with E-state index in [9.17, 15) is 26.7 Å². The maximum Gasteiger partial charge on any atom is 0.395 e. The number of aromatic nitrogens is 2. The van der Waals surface area contributed by atoms with Crippen molar-refractivity contribution >= 4 is 17.4 Å². The number of hydrogen-bond acceptors (Lipinski definition) is 4. The third-order valence-electron chi connectivity index (χ3n) is 5.00. The first-order valence-electron chi connectivity index (χ1n) is 9.21. The van der Waals surface area contributed by atoms with Crippen molar-refractivity contribution in [2.24, 2.45) is 0 Å². The summed E-state index contributed by atoms with van der Waals surface area (Å²) in [5.41, 5.74) is 0.238. The average molecular weight is 434 g/mol. The van der Waals surface area contributed by atoms with Crippen LogP contribution >= 0.6 is 0 Å². The number of fused-ring (bicyclic) bond motifs is 1. The highest BCUT2D eigenvalue weighted by Crippen LogP contribution is 2.35. The summed E-state index contributed by atoms with van der Waals surface area (Å²) in [7, 11) is 0. The second-order valence-corrected chi connectivity index (χ2v) is 7.02. The molecule has 0 fully saturated rings. The Morgan fingerprint density at radius 3 is 2.42 bits per heavy atom. The number of nitrogens with zero attached hydrogens (tertiary/aromatic N) is 2. The topological polar surface area (TPSA) is 66.9 Å². The van der Waals surface area contributed by atoms with E-state index in [0.29, 0.717) is 0 Å². The van der Waals surface area contributed by atoms with E-state index < -0.39 is 29.6 Å². The highest BCUT2D eigenvalue weighted by molar-refractivity contribution is 6.04. The maximum atomic E-state index is 14.3. The van der Waals surface area contributed by atoms with Crippen molar-refractivity contribution in [1.82, 2.24) is 15.3 Å². The van der Waals surface area contributed by atoms with Crippen molar-refractivity contribution in [2.75, 3.05) is 5.32 Å². The van der Waals surface area contributed by atoms with Gasteiger partial charge in [-0.1, -0.05) is 12.1 Å². The average Bonchev–Trinajstić information content (AvgIpc) is 3.08. The van der Waals surface area contributed by atoms with E-state index in [2.05, 4.69) is 20.6 Å². The lowest BCUT2D eigenvalue weighted by Gasteiger charge is -2.16. The van der Waals surface area contributed by atoms with Crippen molar-refractivity contribution in [3.05, 3.63) is 71.1 Å². The van der Waals surface area contributed by atoms with Gasteiger partial charge >= 0.3 is 6.18 Å². The van der Waals surface area contributed by atoms with E-state index in [0.717, 1.165) is 25.3 Å². The fraction of sp³-hybridized carbons (Fsp3) is 0.190. The Labute approximate surface area is 173 Å². The number of anilines is 2. The van der Waals surface area contributed by atoms with Crippen LogP contribution in [0.15, 0.2) is 42.6 Å². The van der Waals surface area contributed by atoms with Crippen LogP contribution in [-0.4, -0.2) is 22.1 Å². The molecule has 0 aliphatic carbocycles. The molecule has 1 atom stereocenters. The van der Waals surface area contributed by atoms with E-state index in [1.807, 2.05) is 0 Å². The summed E-state index contributed by atoms with van der Waals surface area (Å²) < 4.78 is 67.2. The summed E-state index contributed by atoms with van der Waals surface area (Å²) >= 11 is 0. The normalized spacial score (nSPS) is 14.2. The molecule has 10 heteroatoms. The van der Waals surface area contributed by atoms with Gasteiger partial charge in [-0.15, -0.1) is 0 Å². The van der Waals surface area contributed by atoms with Gasteiger partial charge in [0, 0.05) is 6.20 Å². The number of carbonyl (C=O) groups excluding carboxylic acids is 1. The predicted molar refractivity (Wildman–Crippen MR) is 103 cm³/mol. The Morgan fingerprint density at radius 1 is 1.10 bits per heavy atom. The highest BCUT2D eigenvalue weighted by atomic mass is 19.4. The second-order valence-electron chi connectivity index (χ2n) is 7.02. The first-order chi connectivity index (χ1) is 14.6. The number of carbonyl (C=O) groups is 1. The van der Waals surface area contributed by atoms with Crippen molar-refractivity contribution in [3.63, 3.8) is 0 Å². The Morgan fingerprint density at radius 2 is 1.81 bits per heavy atom. The lowest BCUT2D eigenvalue weighted by Crippen LogP contribution is -2.17. The Bertz CT molecular complexity index is 1140. The molecule has 160 valence electrons. The van der Waals surface area contributed by atoms with Crippen LogP contribution in [0.5, 0.6) is 0 Å². The fourth-order valence-electron chi connectivity index (χ4n) is 3.26. The number of halogens is 5. The van der Waals surface area contributed by atoms with Gasteiger partial charge in [0.25, 0.3) is 5.91 Å². The molecule has 0 bridgehead atoms. The van der Waals surface area contributed by atoms with Crippen LogP contribution in [0.3, 0.4) is 0 Å². The summed E-state index contributed by atoms with van der Waals surface area (Å²) in [5.74, 6) is -3.61. The van der Waals surface area contributed by atoms with E-state index in [4.69, 9.17) is 0 Å². The van der Waals surface area contributed by atoms with Gasteiger partial charge in [-0.05, 0) is 36.8 Å². The third kappa shape index (κ3) is 3.92. The lowest BCUT2D eigenvalue weighted by molar-refractivity contribution is -0.146. The zero-order valence-corrected chi connectivity index (χ0v) is 16.0. The van der Waals surface area contributed by atoms with Gasteiger partial charge in [0.05, 0.1) is 40.7 Å². The zero-order valence-electron chi connectivity index (χ0n) is 16.0. The number of alkyl halides is 3. The number of pyridine rings is 2. The largest absolute Gasteiger partial charge is 0.395 e. The third-order valence-corrected chi connectivity index (χ3v) is 5.00. The molecule has 2 N–H and O–H groups in total. The molecule has 31 heavy (non-hydrogen) atoms. The summed E-state index contributed by atoms with van der Waals surface area (Å²) in [5, 5.41) is 5.44. The van der Waals surface area contributed by atoms with Crippen LogP contribution in [0.4, 0.5) is 33.5 Å². The molecule has 0 radical (unpaired) electrons. The SMILES string of the molecule is CC(c1ccc(Nc2cc(-c3c(F)cccc3F)nc3c2C(=O)NC3)nc1)C(F)(F)F. The zero-order chi connectivity index (χ0) is 22.3. The molecule has 3 heterocycles. The van der Waals surface area contributed by atoms with Crippen LogP contribution in [0.25, 0.3) is 11.3 Å². The van der Waals surface area contributed by atoms with Gasteiger partial charge in [0.15, 0.2) is 0 Å². The Kier molecular flexibility index (Phi) is 5.08. The summed E-state index contributed by atoms with van der Waals surface area (Å²) in [6, 6.07) is 7.31. The molecule has 1 aliphatic heterocycles. The van der Waals surface area contributed by atoms with Crippen molar-refractivity contribution in [3.8, 4) is 11.3 Å². The maximum absolute atomic E-state index is 14.3. The minimum absolute atomic E-state index is 0.0233. The fourth-order valence-corrected chi connectivity index (χ4v) is 3.26. The van der Waals surface area contributed by atoms with Gasteiger partial charge in [-0.25, -0.2) is 18.7 Å². The van der Waals surface area contributed by atoms with Gasteiger partial charge in [-0.2, -0.15) is 13.2 Å². The second kappa shape index (κ2) is 7.60. The van der Waals surface area contributed by atoms with E-state index >= 15 is 0 Å². The van der Waals surface area contributed by atoms with Crippen LogP contribution in [0.2, 0.25) is 0 Å². The lowest BCUT2D eigenvalue weighted by atomic mass is 10.0. The van der Waals surface area contributed by atoms with Crippen LogP contribution in [0.1, 0.15) is 34.5 Å². The van der Waals surface area contributed by atoms with Gasteiger partial charge in [0.1, 0.15) is 17.5 Å². The smallest absolute Gasteiger partial charge is 0.346 e. The standard InChI is InChI=1S/C21H15F5N4O/c1-10(21(24,25)26)11-5-6-17(27-8-11)30-15-7-14(18-12(22)3-2-4-13(18)23)29-16-9-28-20(31)19(15)16/h2-8,10H,9H2,1H3,(H,28,31)(H,27,29,30). The molecular formula is C21H15F5N4O. The van der Waals surface area contributed by atoms with Crippen LogP contribution < -0.4 is 10.6 Å². The number of nitrogens with one attached hydrogen (secondary N) is 2. The van der Waals surface area contributed by atoms with Crippen LogP contribution in [0, 0.1) is 11.6 Å². The van der Waals surface area contributed by atoms with E-state index in [1.54, 1.807) is 0 Å². The molecule has 0 saturated carbocycles. The van der Waals surface area contributed by atoms with Crippen molar-refractivity contribution < 1.29 is 26.7 Å². The quantitative estimate of drug-likeness (QED) is 0.563. The molecule has 0 spiro atoms. The molecule has 4 rings (SSSR count). The van der Waals surface area contributed by atoms with Gasteiger partial charge < -0.3 is 10.6 Å². The number of amides is 1. The first-order valence-corrected chi connectivity index (χ1v) is 9.21. The first kappa shape index (κ1) is 20.7. The minimum atomic E-state index is -4.40. The molecule has 3 aromatic rings. The Hall–Kier alpha value is -3.56. The Balaban J connectivity index is 1.73. The highest BCUT2D eigenvalue weighted by Gasteiger charge is 2.37. The molecule has 1 amide bonds. The predicted octanol–water partition coefficient (Wildman–Crippen LogP) is 5.07. The molecule has 0 saturated heterocycles. The van der Waals surface area contributed by atoms with Crippen molar-refractivity contribution in [2.45, 2.75) is 25.6 Å². The van der Waals surface area contributed by atoms with Gasteiger partial charge in [0.2, 0.25) is 0 Å². The number of hydrogen-bond donors (Lipinski definition) is 2. The van der Waals surface area contributed by atoms with Gasteiger partial charge in [-0.3, -0.25) is 4.79 Å². The molecule has 1 aromatic carbocycles. The van der Waals surface area contributed by atoms with E-state index in [1.165, 1.54) is 24.3 Å². The minimum Gasteiger partial charge on any atom is -0.346 e. The summed E-state index contributed by atoms with van der Waals surface area (Å²) in [4.78, 5) is 20.4. The summed E-state index contributed by atoms with van der Waals surface area (Å²) in [6.45, 7) is 1.10. The molecule has 1 unspecified atom stereocenters. The van der Waals surface area contributed by atoms with Crippen LogP contribution in [-0.2, 0) is 6.54 Å². The summed E-state index contributed by atoms with van der Waals surface area (Å²) in [6.07, 6.45) is -3.32. The number of rotatable bonds is 4. The van der Waals surface area contributed by atoms with Crippen molar-refractivity contribution in [1.29, 1.82) is 0 Å². The molecule has 1 aliphatic rings. The van der Waals surface area contributed by atoms with E-state index in [-0.39, 0.29) is 46.1 Å².